The zero-order valence-corrected chi connectivity index (χ0v) is 14.5. The van der Waals surface area contributed by atoms with Gasteiger partial charge in [-0.05, 0) is 12.1 Å². The molecule has 1 aromatic carbocycles. The maximum Gasteiger partial charge on any atom is 0.330 e. The van der Waals surface area contributed by atoms with Gasteiger partial charge in [0, 0.05) is 43.4 Å². The average molecular weight is 350 g/mol. The van der Waals surface area contributed by atoms with Gasteiger partial charge >= 0.3 is 5.69 Å². The first-order chi connectivity index (χ1) is 12.5. The second-order valence-electron chi connectivity index (χ2n) is 7.06. The quantitative estimate of drug-likeness (QED) is 0.659. The Hall–Kier alpha value is -3.09. The number of ether oxygens (including phenoxy) is 1. The summed E-state index contributed by atoms with van der Waals surface area (Å²) in [6.45, 7) is 1.20. The van der Waals surface area contributed by atoms with Crippen LogP contribution in [0.3, 0.4) is 0 Å². The van der Waals surface area contributed by atoms with Gasteiger partial charge in [-0.1, -0.05) is 18.2 Å². The molecule has 2 aliphatic heterocycles. The summed E-state index contributed by atoms with van der Waals surface area (Å²) in [6, 6.07) is 10.1. The Balaban J connectivity index is 1.83. The number of nitrogens with zero attached hydrogens (tertiary/aromatic N) is 3. The van der Waals surface area contributed by atoms with E-state index < -0.39 is 5.69 Å². The summed E-state index contributed by atoms with van der Waals surface area (Å²) in [5.41, 5.74) is 1.70. The molecule has 1 N–H and O–H groups in total. The number of anilines is 1. The molecular formula is C19H18N4O3. The third-order valence-corrected chi connectivity index (χ3v) is 5.47. The van der Waals surface area contributed by atoms with Gasteiger partial charge in [-0.25, -0.2) is 9.78 Å². The molecule has 26 heavy (non-hydrogen) atoms. The van der Waals surface area contributed by atoms with Gasteiger partial charge in [-0.2, -0.15) is 0 Å². The van der Waals surface area contributed by atoms with Gasteiger partial charge in [-0.15, -0.1) is 0 Å². The molecule has 132 valence electrons. The first-order valence-corrected chi connectivity index (χ1v) is 8.61. The Morgan fingerprint density at radius 3 is 2.88 bits per heavy atom. The Kier molecular flexibility index (Phi) is 3.04. The standard InChI is InChI=1S/C19H18N4O3/c1-22-8-11-9-26-17-15(18(24)23(2)19(25)21-17)14(11)12-7-10-5-3-4-6-13(10)20-16(12)22/h3-7,11,14H,8-9H2,1-2H3,(H,21,25)/t11-,14+/m1/s1. The van der Waals surface area contributed by atoms with E-state index in [1.54, 1.807) is 0 Å². The monoisotopic (exact) mass is 350 g/mol. The van der Waals surface area contributed by atoms with E-state index in [1.165, 1.54) is 7.05 Å². The lowest BCUT2D eigenvalue weighted by molar-refractivity contribution is 0.192. The lowest BCUT2D eigenvalue weighted by Gasteiger charge is -2.41. The Bertz CT molecular complexity index is 1160. The molecule has 0 bridgehead atoms. The molecule has 0 unspecified atom stereocenters. The summed E-state index contributed by atoms with van der Waals surface area (Å²) in [6.07, 6.45) is 0. The number of fused-ring (bicyclic) bond motifs is 6. The SMILES string of the molecule is CN1C[C@@H]2COc3[nH]c(=O)n(C)c(=O)c3[C@@H]2c2cc3ccccc3nc21. The number of hydrogen-bond acceptors (Lipinski definition) is 5. The fourth-order valence-corrected chi connectivity index (χ4v) is 4.19. The van der Waals surface area contributed by atoms with Crippen molar-refractivity contribution in [2.24, 2.45) is 13.0 Å². The van der Waals surface area contributed by atoms with E-state index in [1.807, 2.05) is 31.3 Å². The lowest BCUT2D eigenvalue weighted by atomic mass is 9.77. The normalized spacial score (nSPS) is 20.9. The van der Waals surface area contributed by atoms with E-state index in [9.17, 15) is 9.59 Å². The topological polar surface area (TPSA) is 80.2 Å². The molecule has 0 radical (unpaired) electrons. The number of H-pyrrole nitrogens is 1. The molecule has 3 aromatic rings. The Morgan fingerprint density at radius 1 is 1.23 bits per heavy atom. The maximum atomic E-state index is 12.9. The first kappa shape index (κ1) is 15.2. The van der Waals surface area contributed by atoms with Crippen molar-refractivity contribution in [2.45, 2.75) is 5.92 Å². The van der Waals surface area contributed by atoms with Crippen LogP contribution in [0.25, 0.3) is 10.9 Å². The van der Waals surface area contributed by atoms with E-state index in [2.05, 4.69) is 16.0 Å². The van der Waals surface area contributed by atoms with Crippen LogP contribution >= 0.6 is 0 Å². The molecule has 0 amide bonds. The zero-order chi connectivity index (χ0) is 18.0. The Labute approximate surface area is 148 Å². The summed E-state index contributed by atoms with van der Waals surface area (Å²) in [7, 11) is 3.50. The molecule has 0 saturated carbocycles. The highest BCUT2D eigenvalue weighted by Gasteiger charge is 2.41. The zero-order valence-electron chi connectivity index (χ0n) is 14.5. The van der Waals surface area contributed by atoms with Crippen LogP contribution in [0.1, 0.15) is 17.0 Å². The van der Waals surface area contributed by atoms with Crippen LogP contribution in [0.15, 0.2) is 39.9 Å². The molecule has 2 aromatic heterocycles. The number of hydrogen-bond donors (Lipinski definition) is 1. The molecular weight excluding hydrogens is 332 g/mol. The minimum atomic E-state index is -0.461. The summed E-state index contributed by atoms with van der Waals surface area (Å²) < 4.78 is 6.85. The van der Waals surface area contributed by atoms with Crippen LogP contribution in [-0.4, -0.2) is 34.7 Å². The van der Waals surface area contributed by atoms with Crippen molar-refractivity contribution >= 4 is 16.7 Å². The fourth-order valence-electron chi connectivity index (χ4n) is 4.19. The van der Waals surface area contributed by atoms with Crippen molar-refractivity contribution in [2.75, 3.05) is 25.1 Å². The van der Waals surface area contributed by atoms with Crippen LogP contribution < -0.4 is 20.9 Å². The Morgan fingerprint density at radius 2 is 2.04 bits per heavy atom. The van der Waals surface area contributed by atoms with Crippen LogP contribution in [0.5, 0.6) is 5.88 Å². The molecule has 7 nitrogen and oxygen atoms in total. The second-order valence-corrected chi connectivity index (χ2v) is 7.06. The number of benzene rings is 1. The highest BCUT2D eigenvalue weighted by molar-refractivity contribution is 5.82. The van der Waals surface area contributed by atoms with Crippen molar-refractivity contribution in [3.05, 3.63) is 62.3 Å². The third-order valence-electron chi connectivity index (χ3n) is 5.47. The smallest absolute Gasteiger partial charge is 0.330 e. The summed E-state index contributed by atoms with van der Waals surface area (Å²) >= 11 is 0. The summed E-state index contributed by atoms with van der Waals surface area (Å²) in [5, 5.41) is 1.04. The first-order valence-electron chi connectivity index (χ1n) is 8.61. The number of pyridine rings is 1. The molecule has 7 heteroatoms. The number of rotatable bonds is 0. The van der Waals surface area contributed by atoms with Crippen LogP contribution in [0.2, 0.25) is 0 Å². The number of nitrogens with one attached hydrogen (secondary N) is 1. The largest absolute Gasteiger partial charge is 0.478 e. The van der Waals surface area contributed by atoms with Crippen LogP contribution in [0, 0.1) is 5.92 Å². The minimum Gasteiger partial charge on any atom is -0.478 e. The van der Waals surface area contributed by atoms with Gasteiger partial charge in [0.15, 0.2) is 0 Å². The van der Waals surface area contributed by atoms with Crippen molar-refractivity contribution in [3.8, 4) is 5.88 Å². The third kappa shape index (κ3) is 1.97. The van der Waals surface area contributed by atoms with Gasteiger partial charge in [0.2, 0.25) is 5.88 Å². The van der Waals surface area contributed by atoms with E-state index in [4.69, 9.17) is 9.72 Å². The minimum absolute atomic E-state index is 0.126. The van der Waals surface area contributed by atoms with Crippen molar-refractivity contribution in [1.29, 1.82) is 0 Å². The average Bonchev–Trinajstić information content (AvgIpc) is 2.65. The van der Waals surface area contributed by atoms with Crippen molar-refractivity contribution in [3.63, 3.8) is 0 Å². The van der Waals surface area contributed by atoms with E-state index in [0.717, 1.165) is 33.4 Å². The number of aromatic amines is 1. The van der Waals surface area contributed by atoms with E-state index in [-0.39, 0.29) is 17.4 Å². The van der Waals surface area contributed by atoms with Crippen LogP contribution in [0.4, 0.5) is 5.82 Å². The second kappa shape index (κ2) is 5.20. The van der Waals surface area contributed by atoms with Gasteiger partial charge in [0.25, 0.3) is 5.56 Å². The molecule has 0 fully saturated rings. The molecule has 0 spiro atoms. The van der Waals surface area contributed by atoms with Crippen LogP contribution in [-0.2, 0) is 7.05 Å². The number of aromatic nitrogens is 3. The maximum absolute atomic E-state index is 12.9. The van der Waals surface area contributed by atoms with Gasteiger partial charge < -0.3 is 9.64 Å². The number of para-hydroxylation sites is 1. The molecule has 4 heterocycles. The highest BCUT2D eigenvalue weighted by Crippen LogP contribution is 2.45. The van der Waals surface area contributed by atoms with Gasteiger partial charge in [0.05, 0.1) is 17.7 Å². The van der Waals surface area contributed by atoms with Gasteiger partial charge in [0.1, 0.15) is 5.82 Å². The lowest BCUT2D eigenvalue weighted by Crippen LogP contribution is -2.46. The predicted molar refractivity (Wildman–Crippen MR) is 98.1 cm³/mol. The molecule has 0 saturated heterocycles. The summed E-state index contributed by atoms with van der Waals surface area (Å²) in [5.74, 6) is 1.16. The van der Waals surface area contributed by atoms with Crippen molar-refractivity contribution in [1.82, 2.24) is 14.5 Å². The molecule has 2 aliphatic rings. The van der Waals surface area contributed by atoms with Crippen molar-refractivity contribution < 1.29 is 4.74 Å². The summed E-state index contributed by atoms with van der Waals surface area (Å²) in [4.78, 5) is 34.5. The molecule has 5 rings (SSSR count). The molecule has 0 aliphatic carbocycles. The van der Waals surface area contributed by atoms with E-state index >= 15 is 0 Å². The highest BCUT2D eigenvalue weighted by atomic mass is 16.5. The predicted octanol–water partition coefficient (Wildman–Crippen LogP) is 1.21. The molecule has 2 atom stereocenters. The van der Waals surface area contributed by atoms with Gasteiger partial charge in [-0.3, -0.25) is 14.3 Å². The fraction of sp³-hybridized carbons (Fsp3) is 0.316. The van der Waals surface area contributed by atoms with E-state index in [0.29, 0.717) is 18.1 Å².